The van der Waals surface area contributed by atoms with Crippen molar-refractivity contribution in [2.75, 3.05) is 0 Å². The van der Waals surface area contributed by atoms with Crippen molar-refractivity contribution >= 4 is 22.4 Å². The smallest absolute Gasteiger partial charge is 0.0447 e. The molecule has 0 heterocycles. The van der Waals surface area contributed by atoms with Gasteiger partial charge in [-0.05, 0) is 45.2 Å². The predicted molar refractivity (Wildman–Crippen MR) is 77.2 cm³/mol. The van der Waals surface area contributed by atoms with Gasteiger partial charge >= 0.3 is 0 Å². The molecule has 0 radical (unpaired) electrons. The summed E-state index contributed by atoms with van der Waals surface area (Å²) in [5.41, 5.74) is 5.29. The summed E-state index contributed by atoms with van der Waals surface area (Å²) in [5, 5.41) is 3.48. The van der Waals surface area contributed by atoms with E-state index in [1.54, 1.807) is 0 Å². The standard InChI is InChI=1S/C17H11Cl/c18-17-7-3-6-14-15-9-12-5-2-1-4-11(12)8-13(15)10-16(14)17/h1-9H,10H2. The minimum Gasteiger partial charge on any atom is -0.0840 e. The Hall–Kier alpha value is -1.79. The van der Waals surface area contributed by atoms with Gasteiger partial charge in [0.15, 0.2) is 0 Å². The molecule has 86 valence electrons. The highest BCUT2D eigenvalue weighted by atomic mass is 35.5. The lowest BCUT2D eigenvalue weighted by Gasteiger charge is -2.04. The van der Waals surface area contributed by atoms with E-state index >= 15 is 0 Å². The van der Waals surface area contributed by atoms with Gasteiger partial charge in [0.2, 0.25) is 0 Å². The molecule has 1 aliphatic carbocycles. The number of hydrogen-bond donors (Lipinski definition) is 0. The Bertz CT molecular complexity index is 772. The summed E-state index contributed by atoms with van der Waals surface area (Å²) < 4.78 is 0. The lowest BCUT2D eigenvalue weighted by Crippen LogP contribution is -1.81. The first-order valence-corrected chi connectivity index (χ1v) is 6.50. The van der Waals surface area contributed by atoms with Crippen LogP contribution in [0.2, 0.25) is 5.02 Å². The monoisotopic (exact) mass is 250 g/mol. The second-order valence-corrected chi connectivity index (χ2v) is 5.21. The molecular formula is C17H11Cl. The molecule has 0 spiro atoms. The molecule has 0 amide bonds. The largest absolute Gasteiger partial charge is 0.0840 e. The first-order valence-electron chi connectivity index (χ1n) is 6.12. The van der Waals surface area contributed by atoms with E-state index in [-0.39, 0.29) is 0 Å². The normalized spacial score (nSPS) is 12.5. The van der Waals surface area contributed by atoms with E-state index in [1.807, 2.05) is 12.1 Å². The maximum atomic E-state index is 6.29. The van der Waals surface area contributed by atoms with Crippen molar-refractivity contribution in [1.29, 1.82) is 0 Å². The van der Waals surface area contributed by atoms with E-state index < -0.39 is 0 Å². The fourth-order valence-electron chi connectivity index (χ4n) is 2.87. The van der Waals surface area contributed by atoms with Crippen LogP contribution in [0.25, 0.3) is 21.9 Å². The first-order chi connectivity index (χ1) is 8.83. The van der Waals surface area contributed by atoms with Gasteiger partial charge in [-0.25, -0.2) is 0 Å². The van der Waals surface area contributed by atoms with Crippen LogP contribution in [0.1, 0.15) is 11.1 Å². The van der Waals surface area contributed by atoms with Gasteiger partial charge in [0.25, 0.3) is 0 Å². The van der Waals surface area contributed by atoms with Gasteiger partial charge in [-0.1, -0.05) is 54.1 Å². The van der Waals surface area contributed by atoms with Crippen LogP contribution in [0.5, 0.6) is 0 Å². The van der Waals surface area contributed by atoms with Crippen molar-refractivity contribution in [3.05, 3.63) is 70.7 Å². The zero-order chi connectivity index (χ0) is 12.1. The van der Waals surface area contributed by atoms with E-state index in [0.717, 1.165) is 11.4 Å². The third-order valence-electron chi connectivity index (χ3n) is 3.75. The minimum absolute atomic E-state index is 0.882. The van der Waals surface area contributed by atoms with Crippen LogP contribution in [-0.4, -0.2) is 0 Å². The molecule has 0 fully saturated rings. The molecule has 0 aliphatic heterocycles. The fourth-order valence-corrected chi connectivity index (χ4v) is 3.11. The summed E-state index contributed by atoms with van der Waals surface area (Å²) in [7, 11) is 0. The van der Waals surface area contributed by atoms with Crippen LogP contribution in [0.3, 0.4) is 0 Å². The lowest BCUT2D eigenvalue weighted by molar-refractivity contribution is 1.27. The minimum atomic E-state index is 0.882. The Kier molecular flexibility index (Phi) is 2.03. The van der Waals surface area contributed by atoms with Gasteiger partial charge in [0.1, 0.15) is 0 Å². The summed E-state index contributed by atoms with van der Waals surface area (Å²) in [6, 6.07) is 19.3. The Morgan fingerprint density at radius 1 is 0.778 bits per heavy atom. The Morgan fingerprint density at radius 2 is 1.56 bits per heavy atom. The molecule has 18 heavy (non-hydrogen) atoms. The van der Waals surface area contributed by atoms with E-state index in [1.165, 1.54) is 33.0 Å². The molecule has 0 unspecified atom stereocenters. The van der Waals surface area contributed by atoms with Crippen LogP contribution in [-0.2, 0) is 6.42 Å². The maximum Gasteiger partial charge on any atom is 0.0447 e. The van der Waals surface area contributed by atoms with Crippen LogP contribution in [0.15, 0.2) is 54.6 Å². The van der Waals surface area contributed by atoms with Crippen LogP contribution < -0.4 is 0 Å². The quantitative estimate of drug-likeness (QED) is 0.409. The van der Waals surface area contributed by atoms with E-state index in [0.29, 0.717) is 0 Å². The number of rotatable bonds is 0. The number of hydrogen-bond acceptors (Lipinski definition) is 0. The zero-order valence-corrected chi connectivity index (χ0v) is 10.5. The second-order valence-electron chi connectivity index (χ2n) is 4.80. The number of benzene rings is 3. The Morgan fingerprint density at radius 3 is 2.39 bits per heavy atom. The molecule has 4 rings (SSSR count). The molecule has 0 nitrogen and oxygen atoms in total. The SMILES string of the molecule is Clc1cccc2c1Cc1cc3ccccc3cc1-2. The van der Waals surface area contributed by atoms with Gasteiger partial charge in [-0.15, -0.1) is 0 Å². The average molecular weight is 251 g/mol. The molecule has 0 saturated heterocycles. The first kappa shape index (κ1) is 10.2. The molecule has 1 aliphatic rings. The van der Waals surface area contributed by atoms with Gasteiger partial charge in [0, 0.05) is 11.4 Å². The molecule has 0 saturated carbocycles. The summed E-state index contributed by atoms with van der Waals surface area (Å²) in [4.78, 5) is 0. The van der Waals surface area contributed by atoms with Gasteiger partial charge in [0.05, 0.1) is 0 Å². The number of halogens is 1. The zero-order valence-electron chi connectivity index (χ0n) is 9.78. The molecule has 0 N–H and O–H groups in total. The van der Waals surface area contributed by atoms with E-state index in [4.69, 9.17) is 11.6 Å². The summed E-state index contributed by atoms with van der Waals surface area (Å²) in [6.45, 7) is 0. The van der Waals surface area contributed by atoms with Crippen molar-refractivity contribution in [3.63, 3.8) is 0 Å². The van der Waals surface area contributed by atoms with Crippen molar-refractivity contribution < 1.29 is 0 Å². The predicted octanol–water partition coefficient (Wildman–Crippen LogP) is 5.06. The summed E-state index contributed by atoms with van der Waals surface area (Å²) >= 11 is 6.29. The molecule has 1 heteroatoms. The van der Waals surface area contributed by atoms with Gasteiger partial charge in [-0.2, -0.15) is 0 Å². The van der Waals surface area contributed by atoms with Crippen molar-refractivity contribution in [2.24, 2.45) is 0 Å². The molecule has 3 aromatic carbocycles. The van der Waals surface area contributed by atoms with Gasteiger partial charge in [-0.3, -0.25) is 0 Å². The number of fused-ring (bicyclic) bond motifs is 4. The summed E-state index contributed by atoms with van der Waals surface area (Å²) in [6.07, 6.45) is 0.954. The van der Waals surface area contributed by atoms with Crippen LogP contribution >= 0.6 is 11.6 Å². The summed E-state index contributed by atoms with van der Waals surface area (Å²) in [5.74, 6) is 0. The third kappa shape index (κ3) is 1.33. The third-order valence-corrected chi connectivity index (χ3v) is 4.10. The van der Waals surface area contributed by atoms with Gasteiger partial charge < -0.3 is 0 Å². The molecule has 3 aromatic rings. The Balaban J connectivity index is 2.06. The topological polar surface area (TPSA) is 0 Å². The average Bonchev–Trinajstić information content (AvgIpc) is 2.76. The fraction of sp³-hybridized carbons (Fsp3) is 0.0588. The van der Waals surface area contributed by atoms with Crippen molar-refractivity contribution in [1.82, 2.24) is 0 Å². The highest BCUT2D eigenvalue weighted by molar-refractivity contribution is 6.32. The molecule has 0 aromatic heterocycles. The molecule has 0 atom stereocenters. The highest BCUT2D eigenvalue weighted by Crippen LogP contribution is 2.41. The molecule has 0 bridgehead atoms. The molecular weight excluding hydrogens is 240 g/mol. The van der Waals surface area contributed by atoms with E-state index in [2.05, 4.69) is 42.5 Å². The Labute approximate surface area is 111 Å². The van der Waals surface area contributed by atoms with E-state index in [9.17, 15) is 0 Å². The second kappa shape index (κ2) is 3.60. The maximum absolute atomic E-state index is 6.29. The van der Waals surface area contributed by atoms with Crippen molar-refractivity contribution in [3.8, 4) is 11.1 Å². The highest BCUT2D eigenvalue weighted by Gasteiger charge is 2.20. The van der Waals surface area contributed by atoms with Crippen LogP contribution in [0.4, 0.5) is 0 Å². The lowest BCUT2D eigenvalue weighted by atomic mass is 10.0. The van der Waals surface area contributed by atoms with Crippen molar-refractivity contribution in [2.45, 2.75) is 6.42 Å². The van der Waals surface area contributed by atoms with Crippen LogP contribution in [0, 0.1) is 0 Å².